The Balaban J connectivity index is 2.55. The molecule has 2 heterocycles. The van der Waals surface area contributed by atoms with Gasteiger partial charge in [-0.1, -0.05) is 0 Å². The highest BCUT2D eigenvalue weighted by Crippen LogP contribution is 2.22. The van der Waals surface area contributed by atoms with Crippen LogP contribution in [0.1, 0.15) is 13.8 Å². The quantitative estimate of drug-likeness (QED) is 0.771. The Bertz CT molecular complexity index is 454. The van der Waals surface area contributed by atoms with E-state index in [1.54, 1.807) is 6.20 Å². The Hall–Kier alpha value is -1.36. The number of aromatic nitrogens is 4. The molecule has 14 heavy (non-hydrogen) atoms. The fourth-order valence-corrected chi connectivity index (χ4v) is 1.26. The summed E-state index contributed by atoms with van der Waals surface area (Å²) in [5.74, 6) is 0.462. The van der Waals surface area contributed by atoms with E-state index in [0.29, 0.717) is 11.5 Å². The first kappa shape index (κ1) is 9.21. The van der Waals surface area contributed by atoms with Gasteiger partial charge in [0.1, 0.15) is 5.39 Å². The summed E-state index contributed by atoms with van der Waals surface area (Å²) in [6.45, 7) is 3.84. The van der Waals surface area contributed by atoms with Crippen molar-refractivity contribution in [2.75, 3.05) is 0 Å². The minimum atomic E-state index is 0.0408. The highest BCUT2D eigenvalue weighted by atomic mass is 35.5. The molecule has 2 aromatic rings. The molecule has 0 aliphatic heterocycles. The Morgan fingerprint density at radius 3 is 2.93 bits per heavy atom. The molecule has 5 nitrogen and oxygen atoms in total. The van der Waals surface area contributed by atoms with Crippen molar-refractivity contribution in [1.82, 2.24) is 20.2 Å². The van der Waals surface area contributed by atoms with Crippen LogP contribution in [0.2, 0.25) is 5.28 Å². The lowest BCUT2D eigenvalue weighted by Crippen LogP contribution is -2.07. The maximum absolute atomic E-state index is 5.71. The van der Waals surface area contributed by atoms with Crippen molar-refractivity contribution in [3.63, 3.8) is 0 Å². The van der Waals surface area contributed by atoms with Crippen LogP contribution in [0.15, 0.2) is 6.20 Å². The summed E-state index contributed by atoms with van der Waals surface area (Å²) >= 11 is 5.71. The maximum Gasteiger partial charge on any atom is 0.229 e. The van der Waals surface area contributed by atoms with Crippen molar-refractivity contribution < 1.29 is 4.74 Å². The summed E-state index contributed by atoms with van der Waals surface area (Å²) in [7, 11) is 0. The largest absolute Gasteiger partial charge is 0.474 e. The van der Waals surface area contributed by atoms with Crippen LogP contribution in [-0.2, 0) is 0 Å². The minimum Gasteiger partial charge on any atom is -0.474 e. The molecule has 0 radical (unpaired) electrons. The molecule has 1 N–H and O–H groups in total. The Morgan fingerprint density at radius 2 is 2.21 bits per heavy atom. The van der Waals surface area contributed by atoms with E-state index in [1.807, 2.05) is 13.8 Å². The highest BCUT2D eigenvalue weighted by Gasteiger charge is 2.10. The molecule has 0 unspecified atom stereocenters. The molecule has 0 saturated heterocycles. The number of halogens is 1. The van der Waals surface area contributed by atoms with Crippen LogP contribution in [0.3, 0.4) is 0 Å². The molecule has 74 valence electrons. The molecule has 0 amide bonds. The van der Waals surface area contributed by atoms with E-state index in [2.05, 4.69) is 20.2 Å². The van der Waals surface area contributed by atoms with Gasteiger partial charge < -0.3 is 4.74 Å². The summed E-state index contributed by atoms with van der Waals surface area (Å²) in [6.07, 6.45) is 1.66. The van der Waals surface area contributed by atoms with Crippen LogP contribution in [0.25, 0.3) is 11.0 Å². The standard InChI is InChI=1S/C8H9ClN4O/c1-4(2)14-7-5-3-10-13-6(5)11-8(9)12-7/h3-4H,1-2H3,(H,10,11,12,13). The van der Waals surface area contributed by atoms with Gasteiger partial charge in [0.2, 0.25) is 11.2 Å². The minimum absolute atomic E-state index is 0.0408. The summed E-state index contributed by atoms with van der Waals surface area (Å²) in [6, 6.07) is 0. The fraction of sp³-hybridized carbons (Fsp3) is 0.375. The Morgan fingerprint density at radius 1 is 1.43 bits per heavy atom. The number of ether oxygens (including phenoxy) is 1. The molecule has 0 aromatic carbocycles. The van der Waals surface area contributed by atoms with E-state index >= 15 is 0 Å². The molecule has 0 fully saturated rings. The zero-order chi connectivity index (χ0) is 10.1. The first-order chi connectivity index (χ1) is 6.66. The van der Waals surface area contributed by atoms with Gasteiger partial charge >= 0.3 is 0 Å². The average molecular weight is 213 g/mol. The molecule has 0 bridgehead atoms. The molecule has 0 atom stereocenters. The van der Waals surface area contributed by atoms with Gasteiger partial charge in [-0.15, -0.1) is 0 Å². The van der Waals surface area contributed by atoms with Crippen LogP contribution in [0.4, 0.5) is 0 Å². The fourth-order valence-electron chi connectivity index (χ4n) is 1.10. The number of fused-ring (bicyclic) bond motifs is 1. The summed E-state index contributed by atoms with van der Waals surface area (Å²) in [5, 5.41) is 7.44. The predicted octanol–water partition coefficient (Wildman–Crippen LogP) is 1.79. The molecule has 2 rings (SSSR count). The van der Waals surface area contributed by atoms with Crippen LogP contribution in [0.5, 0.6) is 5.88 Å². The van der Waals surface area contributed by atoms with Gasteiger partial charge in [0, 0.05) is 0 Å². The monoisotopic (exact) mass is 212 g/mol. The second kappa shape index (κ2) is 3.42. The number of H-pyrrole nitrogens is 1. The third-order valence-electron chi connectivity index (χ3n) is 1.59. The molecule has 2 aromatic heterocycles. The number of rotatable bonds is 2. The predicted molar refractivity (Wildman–Crippen MR) is 52.5 cm³/mol. The van der Waals surface area contributed by atoms with E-state index in [1.165, 1.54) is 0 Å². The second-order valence-corrected chi connectivity index (χ2v) is 3.43. The van der Waals surface area contributed by atoms with E-state index < -0.39 is 0 Å². The van der Waals surface area contributed by atoms with E-state index in [-0.39, 0.29) is 11.4 Å². The number of nitrogens with zero attached hydrogens (tertiary/aromatic N) is 3. The highest BCUT2D eigenvalue weighted by molar-refractivity contribution is 6.28. The first-order valence-electron chi connectivity index (χ1n) is 4.20. The van der Waals surface area contributed by atoms with Gasteiger partial charge in [-0.3, -0.25) is 5.10 Å². The molecule has 0 spiro atoms. The van der Waals surface area contributed by atoms with Crippen LogP contribution >= 0.6 is 11.6 Å². The maximum atomic E-state index is 5.71. The van der Waals surface area contributed by atoms with Crippen molar-refractivity contribution in [3.05, 3.63) is 11.5 Å². The van der Waals surface area contributed by atoms with Crippen molar-refractivity contribution in [3.8, 4) is 5.88 Å². The van der Waals surface area contributed by atoms with Crippen molar-refractivity contribution in [1.29, 1.82) is 0 Å². The first-order valence-corrected chi connectivity index (χ1v) is 4.58. The average Bonchev–Trinajstić information content (AvgIpc) is 2.50. The zero-order valence-corrected chi connectivity index (χ0v) is 8.54. The third kappa shape index (κ3) is 1.63. The topological polar surface area (TPSA) is 63.7 Å². The van der Waals surface area contributed by atoms with Gasteiger partial charge in [-0.25, -0.2) is 0 Å². The molecule has 6 heteroatoms. The van der Waals surface area contributed by atoms with Crippen LogP contribution in [0, 0.1) is 0 Å². The van der Waals surface area contributed by atoms with E-state index in [9.17, 15) is 0 Å². The number of nitrogens with one attached hydrogen (secondary N) is 1. The lowest BCUT2D eigenvalue weighted by molar-refractivity contribution is 0.236. The van der Waals surface area contributed by atoms with Gasteiger partial charge in [0.25, 0.3) is 0 Å². The summed E-state index contributed by atoms with van der Waals surface area (Å²) < 4.78 is 5.47. The molecule has 0 aliphatic rings. The summed E-state index contributed by atoms with van der Waals surface area (Å²) in [4.78, 5) is 7.95. The lowest BCUT2D eigenvalue weighted by atomic mass is 10.4. The smallest absolute Gasteiger partial charge is 0.229 e. The van der Waals surface area contributed by atoms with Crippen molar-refractivity contribution in [2.45, 2.75) is 20.0 Å². The van der Waals surface area contributed by atoms with Gasteiger partial charge in [0.15, 0.2) is 5.65 Å². The number of aromatic amines is 1. The van der Waals surface area contributed by atoms with Gasteiger partial charge in [-0.2, -0.15) is 15.1 Å². The summed E-state index contributed by atoms with van der Waals surface area (Å²) in [5.41, 5.74) is 0.584. The zero-order valence-electron chi connectivity index (χ0n) is 7.78. The lowest BCUT2D eigenvalue weighted by Gasteiger charge is -2.08. The van der Waals surface area contributed by atoms with Crippen LogP contribution in [-0.4, -0.2) is 26.3 Å². The van der Waals surface area contributed by atoms with Gasteiger partial charge in [0.05, 0.1) is 12.3 Å². The third-order valence-corrected chi connectivity index (χ3v) is 1.76. The van der Waals surface area contributed by atoms with Crippen LogP contribution < -0.4 is 4.74 Å². The molecular formula is C8H9ClN4O. The van der Waals surface area contributed by atoms with Gasteiger partial charge in [-0.05, 0) is 25.4 Å². The number of hydrogen-bond acceptors (Lipinski definition) is 4. The second-order valence-electron chi connectivity index (χ2n) is 3.10. The normalized spacial score (nSPS) is 11.1. The van der Waals surface area contributed by atoms with Crippen molar-refractivity contribution >= 4 is 22.6 Å². The van der Waals surface area contributed by atoms with Crippen molar-refractivity contribution in [2.24, 2.45) is 0 Å². The number of hydrogen-bond donors (Lipinski definition) is 1. The SMILES string of the molecule is CC(C)Oc1nc(Cl)nc2[nH]ncc12. The molecular weight excluding hydrogens is 204 g/mol. The molecule has 0 saturated carbocycles. The molecule has 0 aliphatic carbocycles. The Labute approximate surface area is 85.5 Å². The van der Waals surface area contributed by atoms with E-state index in [4.69, 9.17) is 16.3 Å². The Kier molecular flexibility index (Phi) is 2.25. The van der Waals surface area contributed by atoms with E-state index in [0.717, 1.165) is 5.39 Å².